The zero-order chi connectivity index (χ0) is 15.9. The molecular formula is C15H28N2O4. The molecule has 0 saturated heterocycles. The van der Waals surface area contributed by atoms with Gasteiger partial charge < -0.3 is 20.1 Å². The van der Waals surface area contributed by atoms with Gasteiger partial charge in [-0.2, -0.15) is 0 Å². The summed E-state index contributed by atoms with van der Waals surface area (Å²) in [5.74, 6) is -0.856. The van der Waals surface area contributed by atoms with E-state index in [1.54, 1.807) is 12.0 Å². The van der Waals surface area contributed by atoms with Gasteiger partial charge in [-0.25, -0.2) is 4.79 Å². The Hall–Kier alpha value is -1.30. The van der Waals surface area contributed by atoms with Gasteiger partial charge in [-0.3, -0.25) is 4.79 Å². The molecule has 0 radical (unpaired) electrons. The van der Waals surface area contributed by atoms with Crippen molar-refractivity contribution in [2.75, 3.05) is 20.3 Å². The number of likely N-dealkylation sites (N-methyl/N-ethyl adjacent to an activating group) is 1. The third-order valence-electron chi connectivity index (χ3n) is 4.21. The van der Waals surface area contributed by atoms with Crippen molar-refractivity contribution in [2.24, 2.45) is 0 Å². The lowest BCUT2D eigenvalue weighted by Crippen LogP contribution is -2.57. The first-order valence-corrected chi connectivity index (χ1v) is 7.73. The number of rotatable bonds is 7. The highest BCUT2D eigenvalue weighted by molar-refractivity contribution is 5.77. The van der Waals surface area contributed by atoms with Gasteiger partial charge in [-0.05, 0) is 26.7 Å². The standard InChI is InChI=1S/C15H28N2O4/c1-4-17(12(2)11-21-3)14(20)16-15(10-13(18)19)8-6-5-7-9-15/h12H,4-11H2,1-3H3,(H,16,20)(H,18,19). The highest BCUT2D eigenvalue weighted by Gasteiger charge is 2.37. The molecule has 1 rings (SSSR count). The first-order chi connectivity index (χ1) is 9.94. The first kappa shape index (κ1) is 17.8. The summed E-state index contributed by atoms with van der Waals surface area (Å²) in [6.45, 7) is 4.88. The van der Waals surface area contributed by atoms with Crippen LogP contribution in [0.25, 0.3) is 0 Å². The number of aliphatic carboxylic acids is 1. The number of hydrogen-bond donors (Lipinski definition) is 2. The zero-order valence-corrected chi connectivity index (χ0v) is 13.4. The van der Waals surface area contributed by atoms with E-state index in [9.17, 15) is 9.59 Å². The quantitative estimate of drug-likeness (QED) is 0.755. The number of methoxy groups -OCH3 is 1. The summed E-state index contributed by atoms with van der Waals surface area (Å²) in [5.41, 5.74) is -0.596. The number of hydrogen-bond acceptors (Lipinski definition) is 3. The minimum absolute atomic E-state index is 0.00501. The Morgan fingerprint density at radius 2 is 1.95 bits per heavy atom. The van der Waals surface area contributed by atoms with Gasteiger partial charge in [-0.1, -0.05) is 19.3 Å². The number of amides is 2. The van der Waals surface area contributed by atoms with Crippen molar-refractivity contribution >= 4 is 12.0 Å². The highest BCUT2D eigenvalue weighted by atomic mass is 16.5. The normalized spacial score (nSPS) is 18.8. The Kier molecular flexibility index (Phi) is 6.95. The van der Waals surface area contributed by atoms with E-state index in [2.05, 4.69) is 5.32 Å². The molecule has 2 N–H and O–H groups in total. The monoisotopic (exact) mass is 300 g/mol. The SMILES string of the molecule is CCN(C(=O)NC1(CC(=O)O)CCCCC1)C(C)COC. The van der Waals surface area contributed by atoms with Gasteiger partial charge in [0.05, 0.1) is 24.6 Å². The molecule has 2 amide bonds. The van der Waals surface area contributed by atoms with Crippen LogP contribution >= 0.6 is 0 Å². The summed E-state index contributed by atoms with van der Waals surface area (Å²) in [5, 5.41) is 12.2. The van der Waals surface area contributed by atoms with Crippen LogP contribution in [-0.4, -0.2) is 53.8 Å². The Bertz CT molecular complexity index is 354. The maximum Gasteiger partial charge on any atom is 0.318 e. The summed E-state index contributed by atoms with van der Waals surface area (Å²) in [7, 11) is 1.61. The Morgan fingerprint density at radius 1 is 1.33 bits per heavy atom. The van der Waals surface area contributed by atoms with E-state index in [4.69, 9.17) is 9.84 Å². The van der Waals surface area contributed by atoms with E-state index in [-0.39, 0.29) is 18.5 Å². The lowest BCUT2D eigenvalue weighted by atomic mass is 9.79. The summed E-state index contributed by atoms with van der Waals surface area (Å²) in [4.78, 5) is 25.4. The van der Waals surface area contributed by atoms with Gasteiger partial charge in [-0.15, -0.1) is 0 Å². The van der Waals surface area contributed by atoms with E-state index in [1.807, 2.05) is 13.8 Å². The number of nitrogens with one attached hydrogen (secondary N) is 1. The van der Waals surface area contributed by atoms with Crippen LogP contribution in [-0.2, 0) is 9.53 Å². The van der Waals surface area contributed by atoms with Gasteiger partial charge in [0.15, 0.2) is 0 Å². The maximum atomic E-state index is 12.5. The van der Waals surface area contributed by atoms with E-state index >= 15 is 0 Å². The molecule has 122 valence electrons. The number of carbonyl (C=O) groups is 2. The van der Waals surface area contributed by atoms with Crippen LogP contribution < -0.4 is 5.32 Å². The van der Waals surface area contributed by atoms with Crippen LogP contribution in [0.4, 0.5) is 4.79 Å². The molecule has 0 aromatic heterocycles. The minimum Gasteiger partial charge on any atom is -0.481 e. The van der Waals surface area contributed by atoms with E-state index < -0.39 is 11.5 Å². The Balaban J connectivity index is 2.76. The zero-order valence-electron chi connectivity index (χ0n) is 13.4. The van der Waals surface area contributed by atoms with E-state index in [0.717, 1.165) is 32.1 Å². The molecule has 0 spiro atoms. The first-order valence-electron chi connectivity index (χ1n) is 7.73. The van der Waals surface area contributed by atoms with Crippen LogP contribution in [0.5, 0.6) is 0 Å². The van der Waals surface area contributed by atoms with E-state index in [1.165, 1.54) is 0 Å². The number of ether oxygens (including phenoxy) is 1. The second kappa shape index (κ2) is 8.22. The topological polar surface area (TPSA) is 78.9 Å². The van der Waals surface area contributed by atoms with Gasteiger partial charge >= 0.3 is 12.0 Å². The molecule has 1 fully saturated rings. The largest absolute Gasteiger partial charge is 0.481 e. The van der Waals surface area contributed by atoms with E-state index in [0.29, 0.717) is 13.2 Å². The second-order valence-corrected chi connectivity index (χ2v) is 5.93. The number of nitrogens with zero attached hydrogens (tertiary/aromatic N) is 1. The number of carboxylic acids is 1. The van der Waals surface area contributed by atoms with Gasteiger partial charge in [0.25, 0.3) is 0 Å². The molecule has 0 aliphatic heterocycles. The molecule has 6 nitrogen and oxygen atoms in total. The third kappa shape index (κ3) is 5.19. The maximum absolute atomic E-state index is 12.5. The van der Waals surface area contributed by atoms with Crippen molar-refractivity contribution in [2.45, 2.75) is 64.0 Å². The number of urea groups is 1. The van der Waals surface area contributed by atoms with Crippen LogP contribution in [0, 0.1) is 0 Å². The van der Waals surface area contributed by atoms with Gasteiger partial charge in [0.1, 0.15) is 0 Å². The van der Waals surface area contributed by atoms with Crippen LogP contribution in [0.3, 0.4) is 0 Å². The van der Waals surface area contributed by atoms with Crippen molar-refractivity contribution in [3.8, 4) is 0 Å². The van der Waals surface area contributed by atoms with Crippen molar-refractivity contribution in [1.29, 1.82) is 0 Å². The third-order valence-corrected chi connectivity index (χ3v) is 4.21. The van der Waals surface area contributed by atoms with Crippen LogP contribution in [0.15, 0.2) is 0 Å². The molecule has 0 bridgehead atoms. The molecule has 1 unspecified atom stereocenters. The van der Waals surface area contributed by atoms with Gasteiger partial charge in [0, 0.05) is 13.7 Å². The Labute approximate surface area is 126 Å². The smallest absolute Gasteiger partial charge is 0.318 e. The van der Waals surface area contributed by atoms with Crippen molar-refractivity contribution < 1.29 is 19.4 Å². The molecule has 1 aliphatic rings. The molecule has 0 heterocycles. The fourth-order valence-electron chi connectivity index (χ4n) is 3.15. The predicted molar refractivity (Wildman–Crippen MR) is 80.3 cm³/mol. The van der Waals surface area contributed by atoms with Crippen molar-refractivity contribution in [1.82, 2.24) is 10.2 Å². The molecule has 1 atom stereocenters. The molecule has 21 heavy (non-hydrogen) atoms. The summed E-state index contributed by atoms with van der Waals surface area (Å²) >= 11 is 0. The molecular weight excluding hydrogens is 272 g/mol. The fourth-order valence-corrected chi connectivity index (χ4v) is 3.15. The second-order valence-electron chi connectivity index (χ2n) is 5.93. The van der Waals surface area contributed by atoms with Crippen LogP contribution in [0.2, 0.25) is 0 Å². The summed E-state index contributed by atoms with van der Waals surface area (Å²) in [6.07, 6.45) is 4.51. The Morgan fingerprint density at radius 3 is 2.43 bits per heavy atom. The average molecular weight is 300 g/mol. The molecule has 0 aromatic rings. The fraction of sp³-hybridized carbons (Fsp3) is 0.867. The minimum atomic E-state index is -0.856. The molecule has 1 saturated carbocycles. The lowest BCUT2D eigenvalue weighted by molar-refractivity contribution is -0.139. The van der Waals surface area contributed by atoms with Crippen molar-refractivity contribution in [3.63, 3.8) is 0 Å². The lowest BCUT2D eigenvalue weighted by Gasteiger charge is -2.39. The summed E-state index contributed by atoms with van der Waals surface area (Å²) < 4.78 is 5.10. The number of carbonyl (C=O) groups excluding carboxylic acids is 1. The number of carboxylic acid groups (broad SMARTS) is 1. The molecule has 6 heteroatoms. The summed E-state index contributed by atoms with van der Waals surface area (Å²) in [6, 6.07) is -0.226. The highest BCUT2D eigenvalue weighted by Crippen LogP contribution is 2.31. The molecule has 1 aliphatic carbocycles. The average Bonchev–Trinajstić information content (AvgIpc) is 2.39. The van der Waals surface area contributed by atoms with Crippen molar-refractivity contribution in [3.05, 3.63) is 0 Å². The molecule has 0 aromatic carbocycles. The van der Waals surface area contributed by atoms with Gasteiger partial charge in [0.2, 0.25) is 0 Å². The predicted octanol–water partition coefficient (Wildman–Crippen LogP) is 2.23. The van der Waals surface area contributed by atoms with Crippen LogP contribution in [0.1, 0.15) is 52.4 Å².